The molecule has 68 valence electrons. The summed E-state index contributed by atoms with van der Waals surface area (Å²) in [7, 11) is 0. The van der Waals surface area contributed by atoms with Crippen molar-refractivity contribution in [3.63, 3.8) is 0 Å². The minimum Gasteiger partial charge on any atom is -0.171 e. The predicted octanol–water partition coefficient (Wildman–Crippen LogP) is 3.30. The van der Waals surface area contributed by atoms with Crippen molar-refractivity contribution in [1.29, 1.82) is 0 Å². The zero-order chi connectivity index (χ0) is 8.91. The first-order valence-electron chi connectivity index (χ1n) is 3.20. The summed E-state index contributed by atoms with van der Waals surface area (Å²) in [6.07, 6.45) is -4.75. The van der Waals surface area contributed by atoms with Crippen LogP contribution in [0.3, 0.4) is 0 Å². The Morgan fingerprint density at radius 1 is 1.45 bits per heavy atom. The molecule has 0 heterocycles. The summed E-state index contributed by atoms with van der Waals surface area (Å²) in [5.74, 6) is 0.514. The van der Waals surface area contributed by atoms with E-state index in [1.165, 1.54) is 11.8 Å². The first-order valence-corrected chi connectivity index (χ1v) is 4.78. The molecule has 0 saturated carbocycles. The number of rotatable bonds is 4. The first-order chi connectivity index (χ1) is 4.95. The van der Waals surface area contributed by atoms with Crippen LogP contribution in [-0.4, -0.2) is 23.1 Å². The van der Waals surface area contributed by atoms with E-state index >= 15 is 0 Å². The van der Waals surface area contributed by atoms with Gasteiger partial charge < -0.3 is 0 Å². The molecule has 0 nitrogen and oxygen atoms in total. The highest BCUT2D eigenvalue weighted by Gasteiger charge is 2.26. The Balaban J connectivity index is 3.28. The summed E-state index contributed by atoms with van der Waals surface area (Å²) in [5.41, 5.74) is 0. The normalized spacial score (nSPS) is 15.0. The predicted molar refractivity (Wildman–Crippen MR) is 43.3 cm³/mol. The number of hydrogen-bond acceptors (Lipinski definition) is 1. The maximum absolute atomic E-state index is 11.6. The SMILES string of the molecule is CC(CCl)SCCC(F)(F)F. The van der Waals surface area contributed by atoms with Crippen LogP contribution in [0.15, 0.2) is 0 Å². The molecule has 0 spiro atoms. The second-order valence-electron chi connectivity index (χ2n) is 2.20. The molecular formula is C6H10ClF3S. The fourth-order valence-corrected chi connectivity index (χ4v) is 1.53. The van der Waals surface area contributed by atoms with Gasteiger partial charge in [0.15, 0.2) is 0 Å². The van der Waals surface area contributed by atoms with Gasteiger partial charge in [-0.3, -0.25) is 0 Å². The number of halogens is 4. The molecule has 0 aliphatic carbocycles. The summed E-state index contributed by atoms with van der Waals surface area (Å²) < 4.78 is 34.7. The van der Waals surface area contributed by atoms with Crippen LogP contribution < -0.4 is 0 Å². The quantitative estimate of drug-likeness (QED) is 0.636. The van der Waals surface area contributed by atoms with Crippen molar-refractivity contribution in [3.8, 4) is 0 Å². The Morgan fingerprint density at radius 2 is 2.00 bits per heavy atom. The summed E-state index contributed by atoms with van der Waals surface area (Å²) in [4.78, 5) is 0. The van der Waals surface area contributed by atoms with Gasteiger partial charge in [-0.2, -0.15) is 24.9 Å². The number of alkyl halides is 4. The number of thioether (sulfide) groups is 1. The van der Waals surface area contributed by atoms with Crippen LogP contribution in [0.1, 0.15) is 13.3 Å². The molecule has 0 bridgehead atoms. The Bertz CT molecular complexity index is 104. The molecule has 0 saturated heterocycles. The second kappa shape index (κ2) is 5.14. The average molecular weight is 207 g/mol. The van der Waals surface area contributed by atoms with Crippen LogP contribution in [-0.2, 0) is 0 Å². The van der Waals surface area contributed by atoms with Gasteiger partial charge in [0.2, 0.25) is 0 Å². The Labute approximate surface area is 73.5 Å². The second-order valence-corrected chi connectivity index (χ2v) is 4.06. The zero-order valence-corrected chi connectivity index (χ0v) is 7.69. The van der Waals surface area contributed by atoms with Crippen molar-refractivity contribution in [2.75, 3.05) is 11.6 Å². The molecule has 0 fully saturated rings. The molecule has 0 rings (SSSR count). The van der Waals surface area contributed by atoms with Crippen LogP contribution in [0.25, 0.3) is 0 Å². The summed E-state index contributed by atoms with van der Waals surface area (Å²) >= 11 is 6.65. The van der Waals surface area contributed by atoms with Gasteiger partial charge in [0.25, 0.3) is 0 Å². The van der Waals surface area contributed by atoms with Gasteiger partial charge in [-0.25, -0.2) is 0 Å². The van der Waals surface area contributed by atoms with E-state index in [-0.39, 0.29) is 11.0 Å². The van der Waals surface area contributed by atoms with Gasteiger partial charge in [0.1, 0.15) is 0 Å². The fourth-order valence-electron chi connectivity index (χ4n) is 0.420. The minimum absolute atomic E-state index is 0.109. The molecule has 0 amide bonds. The molecule has 0 aromatic heterocycles. The molecular weight excluding hydrogens is 197 g/mol. The highest BCUT2D eigenvalue weighted by Crippen LogP contribution is 2.23. The lowest BCUT2D eigenvalue weighted by Crippen LogP contribution is -2.10. The van der Waals surface area contributed by atoms with Crippen molar-refractivity contribution in [2.24, 2.45) is 0 Å². The van der Waals surface area contributed by atoms with Gasteiger partial charge in [0.05, 0.1) is 6.42 Å². The van der Waals surface area contributed by atoms with Gasteiger partial charge in [-0.15, -0.1) is 11.6 Å². The minimum atomic E-state index is -4.03. The van der Waals surface area contributed by atoms with E-state index in [9.17, 15) is 13.2 Å². The van der Waals surface area contributed by atoms with Gasteiger partial charge in [-0.1, -0.05) is 6.92 Å². The molecule has 1 atom stereocenters. The zero-order valence-electron chi connectivity index (χ0n) is 6.12. The molecule has 5 heteroatoms. The van der Waals surface area contributed by atoms with Gasteiger partial charge in [-0.05, 0) is 0 Å². The van der Waals surface area contributed by atoms with Crippen LogP contribution in [0, 0.1) is 0 Å². The Morgan fingerprint density at radius 3 is 2.36 bits per heavy atom. The molecule has 0 aromatic carbocycles. The molecule has 1 unspecified atom stereocenters. The molecule has 0 N–H and O–H groups in total. The lowest BCUT2D eigenvalue weighted by molar-refractivity contribution is -0.129. The summed E-state index contributed by atoms with van der Waals surface area (Å²) in [6.45, 7) is 1.81. The topological polar surface area (TPSA) is 0 Å². The molecule has 0 aliphatic heterocycles. The van der Waals surface area contributed by atoms with E-state index in [4.69, 9.17) is 11.6 Å². The lowest BCUT2D eigenvalue weighted by Gasteiger charge is -2.08. The fraction of sp³-hybridized carbons (Fsp3) is 1.00. The van der Waals surface area contributed by atoms with Crippen LogP contribution in [0.4, 0.5) is 13.2 Å². The van der Waals surface area contributed by atoms with Gasteiger partial charge >= 0.3 is 6.18 Å². The lowest BCUT2D eigenvalue weighted by atomic mass is 10.5. The monoisotopic (exact) mass is 206 g/mol. The molecule has 0 aliphatic rings. The van der Waals surface area contributed by atoms with Crippen LogP contribution in [0.5, 0.6) is 0 Å². The maximum atomic E-state index is 11.6. The third kappa shape index (κ3) is 8.34. The maximum Gasteiger partial charge on any atom is 0.389 e. The van der Waals surface area contributed by atoms with Crippen LogP contribution >= 0.6 is 23.4 Å². The van der Waals surface area contributed by atoms with Crippen molar-refractivity contribution in [2.45, 2.75) is 24.8 Å². The Kier molecular flexibility index (Phi) is 5.34. The Hall–Kier alpha value is 0.430. The van der Waals surface area contributed by atoms with Crippen molar-refractivity contribution in [3.05, 3.63) is 0 Å². The third-order valence-corrected chi connectivity index (χ3v) is 2.83. The van der Waals surface area contributed by atoms with E-state index in [0.717, 1.165) is 0 Å². The van der Waals surface area contributed by atoms with E-state index < -0.39 is 12.6 Å². The highest BCUT2D eigenvalue weighted by atomic mass is 35.5. The molecule has 0 aromatic rings. The van der Waals surface area contributed by atoms with Crippen molar-refractivity contribution >= 4 is 23.4 Å². The standard InChI is InChI=1S/C6H10ClF3S/c1-5(4-7)11-3-2-6(8,9)10/h5H,2-4H2,1H3. The summed E-state index contributed by atoms with van der Waals surface area (Å²) in [5, 5.41) is 0.110. The third-order valence-electron chi connectivity index (χ3n) is 1.01. The van der Waals surface area contributed by atoms with Crippen molar-refractivity contribution < 1.29 is 13.2 Å². The highest BCUT2D eigenvalue weighted by molar-refractivity contribution is 7.99. The average Bonchev–Trinajstić information content (AvgIpc) is 1.85. The molecule has 0 radical (unpaired) electrons. The van der Waals surface area contributed by atoms with E-state index in [1.807, 2.05) is 6.92 Å². The van der Waals surface area contributed by atoms with E-state index in [0.29, 0.717) is 5.88 Å². The first kappa shape index (κ1) is 11.4. The van der Waals surface area contributed by atoms with E-state index in [2.05, 4.69) is 0 Å². The largest absolute Gasteiger partial charge is 0.389 e. The number of hydrogen-bond donors (Lipinski definition) is 0. The van der Waals surface area contributed by atoms with Crippen molar-refractivity contribution in [1.82, 2.24) is 0 Å². The smallest absolute Gasteiger partial charge is 0.171 e. The molecule has 11 heavy (non-hydrogen) atoms. The van der Waals surface area contributed by atoms with E-state index in [1.54, 1.807) is 0 Å². The van der Waals surface area contributed by atoms with Crippen LogP contribution in [0.2, 0.25) is 0 Å². The summed E-state index contributed by atoms with van der Waals surface area (Å²) in [6, 6.07) is 0. The van der Waals surface area contributed by atoms with Gasteiger partial charge in [0, 0.05) is 16.9 Å².